The molecule has 1 fully saturated rings. The summed E-state index contributed by atoms with van der Waals surface area (Å²) < 4.78 is 24.0. The van der Waals surface area contributed by atoms with E-state index in [1.54, 1.807) is 31.7 Å². The van der Waals surface area contributed by atoms with Crippen LogP contribution in [-0.2, 0) is 9.53 Å². The zero-order valence-electron chi connectivity index (χ0n) is 18.2. The summed E-state index contributed by atoms with van der Waals surface area (Å²) in [5, 5.41) is 7.68. The van der Waals surface area contributed by atoms with E-state index in [1.807, 2.05) is 13.8 Å². The number of nitrogens with one attached hydrogen (secondary N) is 1. The molecule has 0 bridgehead atoms. The Balaban J connectivity index is 1.63. The molecule has 1 N–H and O–H groups in total. The van der Waals surface area contributed by atoms with Gasteiger partial charge in [0.1, 0.15) is 17.5 Å². The molecular weight excluding hydrogens is 389 g/mol. The number of piperidine rings is 1. The van der Waals surface area contributed by atoms with Gasteiger partial charge in [-0.25, -0.2) is 9.18 Å². The number of ether oxygens (including phenoxy) is 1. The summed E-state index contributed by atoms with van der Waals surface area (Å²) in [6.07, 6.45) is 0.857. The van der Waals surface area contributed by atoms with Crippen LogP contribution in [0.15, 0.2) is 22.7 Å². The molecule has 0 saturated carbocycles. The summed E-state index contributed by atoms with van der Waals surface area (Å²) in [5.41, 5.74) is 0.616. The molecule has 0 unspecified atom stereocenters. The number of nitrogens with zero attached hydrogens (tertiary/aromatic N) is 2. The Hall–Kier alpha value is -2.64. The first-order valence-corrected chi connectivity index (χ1v) is 10.4. The lowest BCUT2D eigenvalue weighted by Gasteiger charge is -2.35. The van der Waals surface area contributed by atoms with Crippen molar-refractivity contribution in [2.45, 2.75) is 65.0 Å². The van der Waals surface area contributed by atoms with Crippen molar-refractivity contribution in [3.05, 3.63) is 29.7 Å². The lowest BCUT2D eigenvalue weighted by molar-refractivity contribution is -0.135. The van der Waals surface area contributed by atoms with Crippen LogP contribution in [0.2, 0.25) is 0 Å². The van der Waals surface area contributed by atoms with Crippen LogP contribution in [0.1, 0.15) is 59.1 Å². The number of carbonyl (C=O) groups excluding carboxylic acids is 2. The van der Waals surface area contributed by atoms with Crippen molar-refractivity contribution >= 4 is 23.0 Å². The van der Waals surface area contributed by atoms with Crippen molar-refractivity contribution in [3.8, 4) is 0 Å². The molecule has 2 amide bonds. The second-order valence-corrected chi connectivity index (χ2v) is 9.18. The molecule has 0 radical (unpaired) electrons. The Bertz CT molecular complexity index is 911. The molecule has 2 aromatic rings. The molecule has 1 aromatic carbocycles. The summed E-state index contributed by atoms with van der Waals surface area (Å²) in [6.45, 7) is 10.2. The fourth-order valence-electron chi connectivity index (χ4n) is 3.74. The van der Waals surface area contributed by atoms with Crippen LogP contribution in [0.25, 0.3) is 11.0 Å². The number of likely N-dealkylation sites (tertiary alicyclic amines) is 1. The maximum atomic E-state index is 13.4. The molecule has 1 atom stereocenters. The van der Waals surface area contributed by atoms with E-state index in [4.69, 9.17) is 9.26 Å². The van der Waals surface area contributed by atoms with Gasteiger partial charge >= 0.3 is 6.09 Å². The van der Waals surface area contributed by atoms with Gasteiger partial charge in [-0.2, -0.15) is 0 Å². The predicted molar refractivity (Wildman–Crippen MR) is 111 cm³/mol. The number of alkyl carbamates (subject to hydrolysis) is 1. The summed E-state index contributed by atoms with van der Waals surface area (Å²) in [6, 6.07) is 3.78. The number of fused-ring (bicyclic) bond motifs is 1. The smallest absolute Gasteiger partial charge is 0.408 e. The van der Waals surface area contributed by atoms with Gasteiger partial charge in [0, 0.05) is 30.5 Å². The van der Waals surface area contributed by atoms with Crippen molar-refractivity contribution in [1.82, 2.24) is 15.4 Å². The van der Waals surface area contributed by atoms with Crippen LogP contribution in [-0.4, -0.2) is 46.8 Å². The number of hydrogen-bond acceptors (Lipinski definition) is 5. The van der Waals surface area contributed by atoms with Crippen molar-refractivity contribution in [1.29, 1.82) is 0 Å². The minimum Gasteiger partial charge on any atom is -0.444 e. The van der Waals surface area contributed by atoms with Crippen molar-refractivity contribution < 1.29 is 23.2 Å². The van der Waals surface area contributed by atoms with Crippen molar-refractivity contribution in [2.24, 2.45) is 5.92 Å². The highest BCUT2D eigenvalue weighted by Gasteiger charge is 2.33. The van der Waals surface area contributed by atoms with E-state index in [0.29, 0.717) is 18.7 Å². The third kappa shape index (κ3) is 5.09. The number of benzene rings is 1. The van der Waals surface area contributed by atoms with Crippen LogP contribution >= 0.6 is 0 Å². The highest BCUT2D eigenvalue weighted by molar-refractivity contribution is 5.86. The molecule has 1 saturated heterocycles. The van der Waals surface area contributed by atoms with E-state index in [-0.39, 0.29) is 23.6 Å². The second kappa shape index (κ2) is 8.62. The van der Waals surface area contributed by atoms with Gasteiger partial charge in [-0.1, -0.05) is 19.0 Å². The second-order valence-electron chi connectivity index (χ2n) is 9.18. The van der Waals surface area contributed by atoms with Crippen molar-refractivity contribution in [2.75, 3.05) is 13.1 Å². The molecule has 164 valence electrons. The molecule has 3 rings (SSSR count). The third-order valence-electron chi connectivity index (χ3n) is 5.26. The summed E-state index contributed by atoms with van der Waals surface area (Å²) in [7, 11) is 0. The van der Waals surface area contributed by atoms with E-state index in [9.17, 15) is 14.0 Å². The molecule has 8 heteroatoms. The van der Waals surface area contributed by atoms with Gasteiger partial charge in [0.25, 0.3) is 0 Å². The minimum absolute atomic E-state index is 0.0721. The third-order valence-corrected chi connectivity index (χ3v) is 5.26. The molecular formula is C22H30FN3O4. The predicted octanol–water partition coefficient (Wildman–Crippen LogP) is 4.22. The minimum atomic E-state index is -0.646. The summed E-state index contributed by atoms with van der Waals surface area (Å²) >= 11 is 0. The van der Waals surface area contributed by atoms with E-state index in [1.165, 1.54) is 12.1 Å². The topological polar surface area (TPSA) is 84.7 Å². The van der Waals surface area contributed by atoms with Gasteiger partial charge in [-0.15, -0.1) is 0 Å². The van der Waals surface area contributed by atoms with E-state index in [0.717, 1.165) is 23.9 Å². The lowest BCUT2D eigenvalue weighted by atomic mass is 9.91. The largest absolute Gasteiger partial charge is 0.444 e. The van der Waals surface area contributed by atoms with Crippen LogP contribution < -0.4 is 5.32 Å². The Morgan fingerprint density at radius 1 is 1.27 bits per heavy atom. The van der Waals surface area contributed by atoms with E-state index >= 15 is 0 Å². The standard InChI is InChI=1S/C22H30FN3O4/c1-13(2)18(24-21(28)29-22(3,4)5)20(27)26-10-8-14(9-11-26)19-16-7-6-15(23)12-17(16)30-25-19/h6-7,12-14,18H,8-11H2,1-5H3,(H,24,28)/t18-/m0/s1. The SMILES string of the molecule is CC(C)[C@H](NC(=O)OC(C)(C)C)C(=O)N1CCC(c2noc3cc(F)ccc23)CC1. The quantitative estimate of drug-likeness (QED) is 0.802. The fraction of sp³-hybridized carbons (Fsp3) is 0.591. The molecule has 0 aliphatic carbocycles. The number of aromatic nitrogens is 1. The molecule has 30 heavy (non-hydrogen) atoms. The number of halogens is 1. The fourth-order valence-corrected chi connectivity index (χ4v) is 3.74. The molecule has 1 aliphatic heterocycles. The Labute approximate surface area is 175 Å². The molecule has 7 nitrogen and oxygen atoms in total. The first-order chi connectivity index (χ1) is 14.0. The molecule has 1 aliphatic rings. The highest BCUT2D eigenvalue weighted by Crippen LogP contribution is 2.33. The van der Waals surface area contributed by atoms with Crippen LogP contribution in [0.5, 0.6) is 0 Å². The van der Waals surface area contributed by atoms with Gasteiger partial charge in [-0.05, 0) is 51.7 Å². The first-order valence-electron chi connectivity index (χ1n) is 10.4. The van der Waals surface area contributed by atoms with Crippen LogP contribution in [0.4, 0.5) is 9.18 Å². The number of hydrogen-bond donors (Lipinski definition) is 1. The highest BCUT2D eigenvalue weighted by atomic mass is 19.1. The van der Waals surface area contributed by atoms with Gasteiger partial charge in [0.05, 0.1) is 5.69 Å². The zero-order chi connectivity index (χ0) is 22.1. The van der Waals surface area contributed by atoms with Gasteiger partial charge in [0.15, 0.2) is 5.58 Å². The first kappa shape index (κ1) is 22.1. The Morgan fingerprint density at radius 2 is 1.93 bits per heavy atom. The monoisotopic (exact) mass is 419 g/mol. The zero-order valence-corrected chi connectivity index (χ0v) is 18.2. The van der Waals surface area contributed by atoms with Gasteiger partial charge in [0.2, 0.25) is 5.91 Å². The normalized spacial score (nSPS) is 16.7. The maximum Gasteiger partial charge on any atom is 0.408 e. The average Bonchev–Trinajstić information content (AvgIpc) is 3.07. The number of rotatable bonds is 4. The molecule has 0 spiro atoms. The Morgan fingerprint density at radius 3 is 2.53 bits per heavy atom. The summed E-state index contributed by atoms with van der Waals surface area (Å²) in [5.74, 6) is -0.404. The van der Waals surface area contributed by atoms with Crippen molar-refractivity contribution in [3.63, 3.8) is 0 Å². The number of carbonyl (C=O) groups is 2. The number of amides is 2. The van der Waals surface area contributed by atoms with Crippen LogP contribution in [0.3, 0.4) is 0 Å². The van der Waals surface area contributed by atoms with Gasteiger partial charge in [-0.3, -0.25) is 4.79 Å². The Kier molecular flexibility index (Phi) is 6.33. The van der Waals surface area contributed by atoms with Crippen LogP contribution in [0, 0.1) is 11.7 Å². The average molecular weight is 419 g/mol. The molecule has 2 heterocycles. The van der Waals surface area contributed by atoms with E-state index < -0.39 is 17.7 Å². The van der Waals surface area contributed by atoms with E-state index in [2.05, 4.69) is 10.5 Å². The van der Waals surface area contributed by atoms with Gasteiger partial charge < -0.3 is 19.5 Å². The maximum absolute atomic E-state index is 13.4. The lowest BCUT2D eigenvalue weighted by Crippen LogP contribution is -2.53. The summed E-state index contributed by atoms with van der Waals surface area (Å²) in [4.78, 5) is 27.0. The molecule has 1 aromatic heterocycles.